The molecule has 0 saturated carbocycles. The van der Waals surface area contributed by atoms with E-state index >= 15 is 0 Å². The van der Waals surface area contributed by atoms with Crippen LogP contribution in [0, 0.1) is 0 Å². The fraction of sp³-hybridized carbons (Fsp3) is 0.750. The minimum absolute atomic E-state index is 1.20. The van der Waals surface area contributed by atoms with Gasteiger partial charge >= 0.3 is 0 Å². The number of hydrogen-bond donors (Lipinski definition) is 2. The first-order valence-electron chi connectivity index (χ1n) is 7.52. The smallest absolute Gasteiger partial charge is 0.127 e. The molecule has 2 nitrogen and oxygen atoms in total. The quantitative estimate of drug-likeness (QED) is 0.659. The van der Waals surface area contributed by atoms with Crippen molar-refractivity contribution in [2.75, 3.05) is 39.8 Å². The molecule has 1 saturated heterocycles. The first-order valence-corrected chi connectivity index (χ1v) is 7.52. The van der Waals surface area contributed by atoms with Crippen molar-refractivity contribution in [3.05, 3.63) is 23.3 Å². The van der Waals surface area contributed by atoms with Crippen molar-refractivity contribution in [2.45, 2.75) is 40.0 Å². The van der Waals surface area contributed by atoms with Crippen LogP contribution in [0.1, 0.15) is 40.0 Å². The molecule has 0 aromatic rings. The Morgan fingerprint density at radius 1 is 1.00 bits per heavy atom. The summed E-state index contributed by atoms with van der Waals surface area (Å²) in [6, 6.07) is 0. The van der Waals surface area contributed by atoms with Crippen LogP contribution >= 0.6 is 0 Å². The molecule has 0 radical (unpaired) electrons. The third kappa shape index (κ3) is 6.97. The summed E-state index contributed by atoms with van der Waals surface area (Å²) in [5.41, 5.74) is 3.00. The Morgan fingerprint density at radius 2 is 1.78 bits per heavy atom. The highest BCUT2D eigenvalue weighted by Crippen LogP contribution is 2.05. The predicted octanol–water partition coefficient (Wildman–Crippen LogP) is 0.482. The number of hydrogen-bond acceptors (Lipinski definition) is 0. The van der Waals surface area contributed by atoms with Gasteiger partial charge in [-0.25, -0.2) is 0 Å². The van der Waals surface area contributed by atoms with Crippen LogP contribution in [-0.4, -0.2) is 39.8 Å². The monoisotopic (exact) mass is 252 g/mol. The molecule has 1 rings (SSSR count). The summed E-state index contributed by atoms with van der Waals surface area (Å²) in [4.78, 5) is 3.47. The van der Waals surface area contributed by atoms with Gasteiger partial charge in [-0.15, -0.1) is 0 Å². The molecule has 104 valence electrons. The maximum absolute atomic E-state index is 2.47. The second kappa shape index (κ2) is 8.49. The van der Waals surface area contributed by atoms with E-state index in [0.29, 0.717) is 0 Å². The largest absolute Gasteiger partial charge is 0.333 e. The van der Waals surface area contributed by atoms with Crippen LogP contribution in [0.15, 0.2) is 23.3 Å². The molecule has 0 aliphatic carbocycles. The van der Waals surface area contributed by atoms with Crippen LogP contribution in [0.4, 0.5) is 0 Å². The van der Waals surface area contributed by atoms with Crippen LogP contribution in [0.25, 0.3) is 0 Å². The van der Waals surface area contributed by atoms with Crippen molar-refractivity contribution in [3.8, 4) is 0 Å². The molecule has 2 N–H and O–H groups in total. The topological polar surface area (TPSA) is 8.88 Å². The van der Waals surface area contributed by atoms with Crippen molar-refractivity contribution in [3.63, 3.8) is 0 Å². The molecule has 0 aromatic carbocycles. The second-order valence-electron chi connectivity index (χ2n) is 6.14. The molecular weight excluding hydrogens is 220 g/mol. The van der Waals surface area contributed by atoms with Gasteiger partial charge in [0.2, 0.25) is 0 Å². The van der Waals surface area contributed by atoms with Crippen LogP contribution < -0.4 is 9.80 Å². The lowest BCUT2D eigenvalue weighted by Gasteiger charge is -2.14. The van der Waals surface area contributed by atoms with Gasteiger partial charge in [-0.2, -0.15) is 0 Å². The highest BCUT2D eigenvalue weighted by Gasteiger charge is 2.15. The van der Waals surface area contributed by atoms with Gasteiger partial charge in [-0.3, -0.25) is 0 Å². The molecule has 1 aliphatic heterocycles. The Balaban J connectivity index is 2.26. The van der Waals surface area contributed by atoms with Gasteiger partial charge in [-0.1, -0.05) is 17.2 Å². The van der Waals surface area contributed by atoms with Crippen molar-refractivity contribution >= 4 is 0 Å². The fourth-order valence-electron chi connectivity index (χ4n) is 2.49. The molecule has 0 amide bonds. The Bertz CT molecular complexity index is 287. The van der Waals surface area contributed by atoms with E-state index in [2.05, 4.69) is 40.0 Å². The minimum Gasteiger partial charge on any atom is -0.333 e. The zero-order chi connectivity index (χ0) is 13.4. The molecule has 2 atom stereocenters. The van der Waals surface area contributed by atoms with Crippen LogP contribution in [0.2, 0.25) is 0 Å². The van der Waals surface area contributed by atoms with Gasteiger partial charge in [0, 0.05) is 6.42 Å². The number of likely N-dealkylation sites (N-methyl/N-ethyl adjacent to an activating group) is 1. The van der Waals surface area contributed by atoms with E-state index in [-0.39, 0.29) is 0 Å². The van der Waals surface area contributed by atoms with Crippen LogP contribution in [-0.2, 0) is 0 Å². The number of nitrogens with one attached hydrogen (secondary N) is 2. The molecule has 0 spiro atoms. The number of quaternary nitrogens is 2. The molecule has 0 bridgehead atoms. The molecule has 1 heterocycles. The Labute approximate surface area is 113 Å². The van der Waals surface area contributed by atoms with Gasteiger partial charge in [0.1, 0.15) is 13.1 Å². The Kier molecular flexibility index (Phi) is 7.29. The summed E-state index contributed by atoms with van der Waals surface area (Å²) in [7, 11) is 2.32. The van der Waals surface area contributed by atoms with Crippen molar-refractivity contribution in [1.29, 1.82) is 0 Å². The highest BCUT2D eigenvalue weighted by atomic mass is 15.2. The third-order valence-corrected chi connectivity index (χ3v) is 3.87. The van der Waals surface area contributed by atoms with E-state index in [9.17, 15) is 0 Å². The maximum Gasteiger partial charge on any atom is 0.127 e. The lowest BCUT2D eigenvalue weighted by Crippen LogP contribution is -3.16. The van der Waals surface area contributed by atoms with Gasteiger partial charge in [-0.05, 0) is 39.7 Å². The van der Waals surface area contributed by atoms with Gasteiger partial charge < -0.3 is 9.80 Å². The lowest BCUT2D eigenvalue weighted by molar-refractivity contribution is -0.926. The van der Waals surface area contributed by atoms with E-state index in [0.717, 1.165) is 0 Å². The van der Waals surface area contributed by atoms with Crippen molar-refractivity contribution < 1.29 is 9.80 Å². The SMILES string of the molecule is CC(C)=CCCC(C)=CC[NH+]1CCC[NH+](C)CC1. The molecule has 1 aliphatic rings. The average Bonchev–Trinajstić information content (AvgIpc) is 2.51. The Morgan fingerprint density at radius 3 is 2.50 bits per heavy atom. The lowest BCUT2D eigenvalue weighted by atomic mass is 10.1. The zero-order valence-electron chi connectivity index (χ0n) is 12.8. The van der Waals surface area contributed by atoms with Crippen molar-refractivity contribution in [2.24, 2.45) is 0 Å². The summed E-state index contributed by atoms with van der Waals surface area (Å²) in [5.74, 6) is 0. The van der Waals surface area contributed by atoms with Gasteiger partial charge in [0.05, 0.1) is 26.7 Å². The van der Waals surface area contributed by atoms with Gasteiger partial charge in [0.25, 0.3) is 0 Å². The first kappa shape index (κ1) is 15.5. The summed E-state index contributed by atoms with van der Waals surface area (Å²) < 4.78 is 0. The highest BCUT2D eigenvalue weighted by molar-refractivity contribution is 5.01. The molecular formula is C16H32N2+2. The summed E-state index contributed by atoms with van der Waals surface area (Å²) in [6.45, 7) is 13.3. The second-order valence-corrected chi connectivity index (χ2v) is 6.14. The summed E-state index contributed by atoms with van der Waals surface area (Å²) in [5, 5.41) is 0. The third-order valence-electron chi connectivity index (χ3n) is 3.87. The minimum atomic E-state index is 1.20. The standard InChI is InChI=1S/C16H30N2/c1-15(2)7-5-8-16(3)9-12-18-11-6-10-17(4)13-14-18/h7,9H,5-6,8,10-14H2,1-4H3/p+2. The van der Waals surface area contributed by atoms with Crippen LogP contribution in [0.3, 0.4) is 0 Å². The first-order chi connectivity index (χ1) is 8.58. The Hall–Kier alpha value is -0.600. The predicted molar refractivity (Wildman–Crippen MR) is 79.2 cm³/mol. The van der Waals surface area contributed by atoms with Crippen LogP contribution in [0.5, 0.6) is 0 Å². The molecule has 2 unspecified atom stereocenters. The van der Waals surface area contributed by atoms with Crippen molar-refractivity contribution in [1.82, 2.24) is 0 Å². The van der Waals surface area contributed by atoms with E-state index in [1.54, 1.807) is 15.4 Å². The summed E-state index contributed by atoms with van der Waals surface area (Å²) >= 11 is 0. The van der Waals surface area contributed by atoms with E-state index in [4.69, 9.17) is 0 Å². The number of allylic oxidation sites excluding steroid dienone is 3. The van der Waals surface area contributed by atoms with E-state index < -0.39 is 0 Å². The van der Waals surface area contributed by atoms with E-state index in [1.807, 2.05) is 0 Å². The van der Waals surface area contributed by atoms with Gasteiger partial charge in [0.15, 0.2) is 0 Å². The molecule has 1 fully saturated rings. The average molecular weight is 252 g/mol. The normalized spacial score (nSPS) is 25.7. The molecule has 2 heteroatoms. The zero-order valence-corrected chi connectivity index (χ0v) is 12.8. The maximum atomic E-state index is 2.47. The molecule has 0 aromatic heterocycles. The summed E-state index contributed by atoms with van der Waals surface area (Å²) in [6.07, 6.45) is 8.62. The van der Waals surface area contributed by atoms with E-state index in [1.165, 1.54) is 57.6 Å². The fourth-order valence-corrected chi connectivity index (χ4v) is 2.49. The molecule has 18 heavy (non-hydrogen) atoms. The number of rotatable bonds is 5.